The summed E-state index contributed by atoms with van der Waals surface area (Å²) in [6, 6.07) is 6.55. The molecule has 14 heteroatoms. The van der Waals surface area contributed by atoms with Gasteiger partial charge in [-0.1, -0.05) is 6.07 Å². The number of sulfonamides is 1. The van der Waals surface area contributed by atoms with Gasteiger partial charge in [-0.2, -0.15) is 17.5 Å². The van der Waals surface area contributed by atoms with Crippen LogP contribution in [0.25, 0.3) is 6.08 Å². The molecule has 5 rings (SSSR count). The molecule has 2 fully saturated rings. The first kappa shape index (κ1) is 33.7. The molecule has 3 heterocycles. The van der Waals surface area contributed by atoms with Crippen LogP contribution >= 0.6 is 0 Å². The van der Waals surface area contributed by atoms with Crippen molar-refractivity contribution in [3.63, 3.8) is 0 Å². The summed E-state index contributed by atoms with van der Waals surface area (Å²) in [6.45, 7) is 4.69. The Balaban J connectivity index is 1.26. The maximum atomic E-state index is 13.3. The van der Waals surface area contributed by atoms with Crippen LogP contribution in [0.5, 0.6) is 0 Å². The fraction of sp³-hybridized carbons (Fsp3) is 0.469. The van der Waals surface area contributed by atoms with Gasteiger partial charge in [0, 0.05) is 42.7 Å². The van der Waals surface area contributed by atoms with Crippen molar-refractivity contribution < 1.29 is 40.7 Å². The Morgan fingerprint density at radius 3 is 2.15 bits per heavy atom. The number of hydrogen-bond acceptors (Lipinski definition) is 6. The van der Waals surface area contributed by atoms with Crippen molar-refractivity contribution in [3.05, 3.63) is 74.7 Å². The summed E-state index contributed by atoms with van der Waals surface area (Å²) in [5.74, 6) is -0.493. The highest BCUT2D eigenvalue weighted by Crippen LogP contribution is 2.35. The number of amides is 2. The van der Waals surface area contributed by atoms with E-state index in [-0.39, 0.29) is 63.6 Å². The highest BCUT2D eigenvalue weighted by atomic mass is 32.2. The highest BCUT2D eigenvalue weighted by Gasteiger charge is 2.47. The number of carbonyl (C=O) groups is 2. The molecule has 0 bridgehead atoms. The van der Waals surface area contributed by atoms with E-state index in [1.807, 2.05) is 0 Å². The Morgan fingerprint density at radius 2 is 1.61 bits per heavy atom. The zero-order chi connectivity index (χ0) is 33.7. The molecule has 3 aliphatic rings. The second-order valence-corrected chi connectivity index (χ2v) is 14.2. The summed E-state index contributed by atoms with van der Waals surface area (Å²) in [4.78, 5) is 32.2. The average Bonchev–Trinajstić information content (AvgIpc) is 3.30. The van der Waals surface area contributed by atoms with E-state index in [1.165, 1.54) is 23.4 Å². The van der Waals surface area contributed by atoms with Gasteiger partial charge < -0.3 is 15.3 Å². The van der Waals surface area contributed by atoms with Crippen LogP contribution < -0.4 is 5.32 Å². The number of rotatable bonds is 6. The number of alkyl halides is 4. The molecule has 0 saturated carbocycles. The fourth-order valence-electron chi connectivity index (χ4n) is 6.24. The number of nitrogens with zero attached hydrogens (tertiary/aromatic N) is 3. The van der Waals surface area contributed by atoms with Gasteiger partial charge >= 0.3 is 6.18 Å². The van der Waals surface area contributed by atoms with Crippen LogP contribution in [0.4, 0.5) is 17.6 Å². The van der Waals surface area contributed by atoms with Crippen LogP contribution in [0.2, 0.25) is 0 Å². The maximum Gasteiger partial charge on any atom is 0.416 e. The zero-order valence-electron chi connectivity index (χ0n) is 25.7. The third kappa shape index (κ3) is 6.60. The summed E-state index contributed by atoms with van der Waals surface area (Å²) >= 11 is 0. The lowest BCUT2D eigenvalue weighted by atomic mass is 9.89. The minimum absolute atomic E-state index is 0.0155. The van der Waals surface area contributed by atoms with Crippen molar-refractivity contribution in [2.45, 2.75) is 63.8 Å². The van der Waals surface area contributed by atoms with E-state index >= 15 is 0 Å². The van der Waals surface area contributed by atoms with Gasteiger partial charge in [-0.15, -0.1) is 0 Å². The smallest absolute Gasteiger partial charge is 0.387 e. The molecule has 3 aliphatic heterocycles. The lowest BCUT2D eigenvalue weighted by molar-refractivity contribution is -0.137. The summed E-state index contributed by atoms with van der Waals surface area (Å²) in [6.07, 6.45) is -2.51. The number of aryl methyl sites for hydroxylation is 3. The number of likely N-dealkylation sites (tertiary alicyclic amines) is 1. The number of nitrogens with one attached hydrogen (secondary N) is 1. The van der Waals surface area contributed by atoms with Crippen molar-refractivity contribution in [3.8, 4) is 0 Å². The van der Waals surface area contributed by atoms with Gasteiger partial charge in [-0.05, 0) is 99.0 Å². The second kappa shape index (κ2) is 12.2. The minimum Gasteiger partial charge on any atom is -0.387 e. The molecule has 0 aromatic heterocycles. The third-order valence-electron chi connectivity index (χ3n) is 9.18. The lowest BCUT2D eigenvalue weighted by Gasteiger charge is -2.36. The van der Waals surface area contributed by atoms with E-state index in [2.05, 4.69) is 10.3 Å². The van der Waals surface area contributed by atoms with E-state index in [9.17, 15) is 40.7 Å². The third-order valence-corrected chi connectivity index (χ3v) is 10.7. The average molecular weight is 665 g/mol. The number of aliphatic hydroxyl groups is 1. The quantitative estimate of drug-likeness (QED) is 0.447. The van der Waals surface area contributed by atoms with Crippen LogP contribution in [-0.4, -0.2) is 84.4 Å². The van der Waals surface area contributed by atoms with Gasteiger partial charge in [0.05, 0.1) is 11.2 Å². The molecule has 0 radical (unpaired) electrons. The Labute approximate surface area is 265 Å². The highest BCUT2D eigenvalue weighted by molar-refractivity contribution is 7.92. The Bertz CT molecular complexity index is 1700. The number of hydrogen-bond donors (Lipinski definition) is 2. The molecule has 1 spiro atoms. The molecule has 2 amide bonds. The first-order valence-electron chi connectivity index (χ1n) is 14.9. The van der Waals surface area contributed by atoms with Gasteiger partial charge in [0.2, 0.25) is 10.0 Å². The van der Waals surface area contributed by atoms with E-state index in [0.717, 1.165) is 17.5 Å². The van der Waals surface area contributed by atoms with Gasteiger partial charge in [0.1, 0.15) is 18.0 Å². The maximum absolute atomic E-state index is 13.3. The molecule has 0 atom stereocenters. The van der Waals surface area contributed by atoms with E-state index < -0.39 is 45.5 Å². The van der Waals surface area contributed by atoms with Gasteiger partial charge in [-0.25, -0.2) is 12.8 Å². The predicted molar refractivity (Wildman–Crippen MR) is 164 cm³/mol. The van der Waals surface area contributed by atoms with Crippen molar-refractivity contribution >= 4 is 33.7 Å². The molecule has 2 N–H and O–H groups in total. The van der Waals surface area contributed by atoms with Crippen LogP contribution in [-0.2, 0) is 21.0 Å². The van der Waals surface area contributed by atoms with E-state index in [4.69, 9.17) is 0 Å². The van der Waals surface area contributed by atoms with Crippen LogP contribution in [0, 0.1) is 20.8 Å². The molecular formula is C32H36F4N4O5S. The van der Waals surface area contributed by atoms with Gasteiger partial charge in [0.25, 0.3) is 11.8 Å². The number of benzene rings is 2. The summed E-state index contributed by atoms with van der Waals surface area (Å²) < 4.78 is 80.2. The minimum atomic E-state index is -4.50. The molecule has 2 aromatic carbocycles. The Kier molecular flexibility index (Phi) is 8.94. The van der Waals surface area contributed by atoms with Crippen molar-refractivity contribution in [2.75, 3.05) is 32.9 Å². The first-order chi connectivity index (χ1) is 21.5. The number of amidine groups is 1. The molecule has 2 saturated heterocycles. The molecule has 0 unspecified atom stereocenters. The lowest BCUT2D eigenvalue weighted by Crippen LogP contribution is -2.50. The van der Waals surface area contributed by atoms with Crippen molar-refractivity contribution in [2.24, 2.45) is 4.99 Å². The van der Waals surface area contributed by atoms with Crippen LogP contribution in [0.15, 0.2) is 40.7 Å². The number of halogens is 4. The van der Waals surface area contributed by atoms with Gasteiger partial charge in [0.15, 0.2) is 0 Å². The van der Waals surface area contributed by atoms with E-state index in [0.29, 0.717) is 33.4 Å². The number of carbonyl (C=O) groups excluding carboxylic acids is 2. The normalized spacial score (nSPS) is 20.3. The van der Waals surface area contributed by atoms with E-state index in [1.54, 1.807) is 30.9 Å². The van der Waals surface area contributed by atoms with Crippen molar-refractivity contribution in [1.82, 2.24) is 14.5 Å². The molecule has 248 valence electrons. The van der Waals surface area contributed by atoms with Crippen molar-refractivity contribution in [1.29, 1.82) is 0 Å². The predicted octanol–water partition coefficient (Wildman–Crippen LogP) is 4.28. The van der Waals surface area contributed by atoms with Crippen LogP contribution in [0.1, 0.15) is 69.4 Å². The zero-order valence-corrected chi connectivity index (χ0v) is 26.6. The summed E-state index contributed by atoms with van der Waals surface area (Å²) in [5, 5.41) is 13.9. The standard InChI is InChI=1S/C32H36F4N4O5S/c1-20-16-23(28(41)39-11-7-30(43,19-33)8-12-39)17-21(2)25(20)6-15-46(44,45)40-13-9-31(10-14-40)29(42)37-27(38-31)26-5-4-24(18-22(26)3)32(34,35)36/h4-6,15-18,43H,7-14,19H2,1-3H3,(H,37,38,42)/b15-6+. The molecular weight excluding hydrogens is 628 g/mol. The molecule has 0 aliphatic carbocycles. The SMILES string of the molecule is Cc1cc(C(F)(F)F)ccc1C1=NC2(CCN(S(=O)(=O)/C=C/c3c(C)cc(C(=O)N4CCC(O)(CF)CC4)cc3C)CC2)C(=O)N1. The number of piperidine rings is 2. The summed E-state index contributed by atoms with van der Waals surface area (Å²) in [7, 11) is -3.89. The number of aliphatic imine (C=N–C) groups is 1. The largest absolute Gasteiger partial charge is 0.416 e. The molecule has 46 heavy (non-hydrogen) atoms. The monoisotopic (exact) mass is 664 g/mol. The molecule has 2 aromatic rings. The van der Waals surface area contributed by atoms with Gasteiger partial charge in [-0.3, -0.25) is 14.6 Å². The Morgan fingerprint density at radius 1 is 1.00 bits per heavy atom. The second-order valence-electron chi connectivity index (χ2n) is 12.4. The topological polar surface area (TPSA) is 119 Å². The van der Waals surface area contributed by atoms with Crippen LogP contribution in [0.3, 0.4) is 0 Å². The molecule has 9 nitrogen and oxygen atoms in total. The fourth-order valence-corrected chi connectivity index (χ4v) is 7.41. The first-order valence-corrected chi connectivity index (χ1v) is 16.4. The summed E-state index contributed by atoms with van der Waals surface area (Å²) in [5.41, 5.74) is -0.311. The Hall–Kier alpha value is -3.62.